The molecule has 0 aliphatic heterocycles. The number of unbranched alkanes of at least 4 members (excludes halogenated alkanes) is 7. The van der Waals surface area contributed by atoms with E-state index in [1.807, 2.05) is 0 Å². The topological polar surface area (TPSA) is 26.3 Å². The number of allylic oxidation sites excluding steroid dienone is 4. The molecule has 0 aliphatic rings. The molecule has 0 atom stereocenters. The minimum atomic E-state index is -0.170. The van der Waals surface area contributed by atoms with Crippen molar-refractivity contribution < 1.29 is 9.53 Å². The Morgan fingerprint density at radius 1 is 0.800 bits per heavy atom. The Balaban J connectivity index is 3.16. The van der Waals surface area contributed by atoms with E-state index in [0.717, 1.165) is 19.3 Å². The maximum absolute atomic E-state index is 10.5. The maximum Gasteiger partial charge on any atom is 0.302 e. The van der Waals surface area contributed by atoms with Crippen molar-refractivity contribution in [3.05, 3.63) is 24.3 Å². The van der Waals surface area contributed by atoms with E-state index < -0.39 is 0 Å². The van der Waals surface area contributed by atoms with Gasteiger partial charge in [0.25, 0.3) is 0 Å². The van der Waals surface area contributed by atoms with Gasteiger partial charge in [-0.25, -0.2) is 0 Å². The van der Waals surface area contributed by atoms with Crippen LogP contribution in [-0.2, 0) is 9.53 Å². The smallest absolute Gasteiger partial charge is 0.302 e. The van der Waals surface area contributed by atoms with E-state index in [9.17, 15) is 4.79 Å². The lowest BCUT2D eigenvalue weighted by Crippen LogP contribution is -1.99. The number of carbonyl (C=O) groups is 1. The molecule has 2 heteroatoms. The van der Waals surface area contributed by atoms with Gasteiger partial charge in [-0.3, -0.25) is 4.79 Å². The molecule has 0 rings (SSSR count). The minimum Gasteiger partial charge on any atom is -0.466 e. The lowest BCUT2D eigenvalue weighted by atomic mass is 10.1. The Morgan fingerprint density at radius 2 is 1.35 bits per heavy atom. The Kier molecular flexibility index (Phi) is 15.2. The molecule has 20 heavy (non-hydrogen) atoms. The number of rotatable bonds is 13. The van der Waals surface area contributed by atoms with Crippen molar-refractivity contribution in [3.8, 4) is 0 Å². The highest BCUT2D eigenvalue weighted by atomic mass is 16.5. The van der Waals surface area contributed by atoms with Crippen molar-refractivity contribution in [1.29, 1.82) is 0 Å². The van der Waals surface area contributed by atoms with Crippen LogP contribution in [0.25, 0.3) is 0 Å². The molecule has 0 fully saturated rings. The molecule has 0 radical (unpaired) electrons. The molecule has 0 aromatic carbocycles. The molecule has 0 N–H and O–H groups in total. The monoisotopic (exact) mass is 280 g/mol. The summed E-state index contributed by atoms with van der Waals surface area (Å²) in [5, 5.41) is 0. The van der Waals surface area contributed by atoms with Crippen LogP contribution in [0.1, 0.15) is 78.1 Å². The Labute approximate surface area is 125 Å². The highest BCUT2D eigenvalue weighted by Gasteiger charge is 1.92. The highest BCUT2D eigenvalue weighted by Crippen LogP contribution is 2.05. The van der Waals surface area contributed by atoms with E-state index in [0.29, 0.717) is 6.61 Å². The summed E-state index contributed by atoms with van der Waals surface area (Å²) in [6, 6.07) is 0. The number of carbonyl (C=O) groups excluding carboxylic acids is 1. The van der Waals surface area contributed by atoms with Crippen LogP contribution in [0.4, 0.5) is 0 Å². The zero-order valence-corrected chi connectivity index (χ0v) is 13.4. The zero-order valence-electron chi connectivity index (χ0n) is 13.4. The zero-order chi connectivity index (χ0) is 14.9. The van der Waals surface area contributed by atoms with E-state index >= 15 is 0 Å². The largest absolute Gasteiger partial charge is 0.466 e. The molecule has 0 saturated carbocycles. The molecule has 0 bridgehead atoms. The van der Waals surface area contributed by atoms with Crippen molar-refractivity contribution in [3.63, 3.8) is 0 Å². The summed E-state index contributed by atoms with van der Waals surface area (Å²) in [6.07, 6.45) is 21.1. The summed E-state index contributed by atoms with van der Waals surface area (Å²) in [4.78, 5) is 10.5. The van der Waals surface area contributed by atoms with Crippen LogP contribution in [-0.4, -0.2) is 12.6 Å². The van der Waals surface area contributed by atoms with Crippen LogP contribution in [0, 0.1) is 0 Å². The number of hydrogen-bond acceptors (Lipinski definition) is 2. The molecule has 0 aromatic rings. The maximum atomic E-state index is 10.5. The van der Waals surface area contributed by atoms with Gasteiger partial charge in [-0.15, -0.1) is 0 Å². The van der Waals surface area contributed by atoms with E-state index in [4.69, 9.17) is 4.74 Å². The van der Waals surface area contributed by atoms with Crippen LogP contribution < -0.4 is 0 Å². The number of esters is 1. The van der Waals surface area contributed by atoms with Gasteiger partial charge in [0.2, 0.25) is 0 Å². The Morgan fingerprint density at radius 3 is 1.95 bits per heavy atom. The fraction of sp³-hybridized carbons (Fsp3) is 0.722. The first-order valence-electron chi connectivity index (χ1n) is 8.20. The quantitative estimate of drug-likeness (QED) is 0.250. The van der Waals surface area contributed by atoms with Gasteiger partial charge < -0.3 is 4.74 Å². The van der Waals surface area contributed by atoms with E-state index in [1.54, 1.807) is 0 Å². The van der Waals surface area contributed by atoms with Gasteiger partial charge in [0.1, 0.15) is 0 Å². The first-order valence-corrected chi connectivity index (χ1v) is 8.20. The molecular formula is C18H32O2. The van der Waals surface area contributed by atoms with Crippen LogP contribution in [0.15, 0.2) is 24.3 Å². The Bertz CT molecular complexity index is 267. The molecule has 116 valence electrons. The molecule has 0 amide bonds. The van der Waals surface area contributed by atoms with Crippen LogP contribution in [0.3, 0.4) is 0 Å². The predicted octanol–water partition coefficient (Wildman–Crippen LogP) is 5.58. The summed E-state index contributed by atoms with van der Waals surface area (Å²) in [5.41, 5.74) is 0. The summed E-state index contributed by atoms with van der Waals surface area (Å²) < 4.78 is 4.89. The number of ether oxygens (including phenoxy) is 1. The lowest BCUT2D eigenvalue weighted by Gasteiger charge is -2.00. The van der Waals surface area contributed by atoms with Crippen molar-refractivity contribution in [1.82, 2.24) is 0 Å². The van der Waals surface area contributed by atoms with Crippen LogP contribution >= 0.6 is 0 Å². The van der Waals surface area contributed by atoms with Gasteiger partial charge in [0.15, 0.2) is 0 Å². The molecule has 0 spiro atoms. The third kappa shape index (κ3) is 16.9. The van der Waals surface area contributed by atoms with E-state index in [-0.39, 0.29) is 5.97 Å². The van der Waals surface area contributed by atoms with Crippen molar-refractivity contribution in [2.75, 3.05) is 6.61 Å². The molecule has 2 nitrogen and oxygen atoms in total. The molecule has 0 saturated heterocycles. The van der Waals surface area contributed by atoms with Gasteiger partial charge in [0.05, 0.1) is 6.61 Å². The minimum absolute atomic E-state index is 0.170. The lowest BCUT2D eigenvalue weighted by molar-refractivity contribution is -0.141. The third-order valence-corrected chi connectivity index (χ3v) is 3.13. The third-order valence-electron chi connectivity index (χ3n) is 3.13. The SMILES string of the molecule is CCCCC=CCC/C=C/CCCCCCOC(C)=O. The van der Waals surface area contributed by atoms with Gasteiger partial charge >= 0.3 is 5.97 Å². The van der Waals surface area contributed by atoms with Gasteiger partial charge in [-0.05, 0) is 38.5 Å². The summed E-state index contributed by atoms with van der Waals surface area (Å²) >= 11 is 0. The fourth-order valence-electron chi connectivity index (χ4n) is 1.92. The van der Waals surface area contributed by atoms with Crippen molar-refractivity contribution in [2.24, 2.45) is 0 Å². The van der Waals surface area contributed by atoms with E-state index in [2.05, 4.69) is 31.2 Å². The second-order valence-electron chi connectivity index (χ2n) is 5.21. The second-order valence-corrected chi connectivity index (χ2v) is 5.21. The standard InChI is InChI=1S/C18H32O2/c1-3-4-5-6-7-8-9-10-11-12-13-14-15-16-17-20-18(2)19/h6-7,10-11H,3-5,8-9,12-17H2,1-2H3/b7-6?,11-10+. The predicted molar refractivity (Wildman–Crippen MR) is 86.8 cm³/mol. The average molecular weight is 280 g/mol. The van der Waals surface area contributed by atoms with Crippen molar-refractivity contribution >= 4 is 5.97 Å². The average Bonchev–Trinajstić information content (AvgIpc) is 2.43. The number of hydrogen-bond donors (Lipinski definition) is 0. The van der Waals surface area contributed by atoms with Gasteiger partial charge in [0, 0.05) is 6.92 Å². The van der Waals surface area contributed by atoms with Gasteiger partial charge in [-0.1, -0.05) is 56.9 Å². The molecule has 0 aliphatic carbocycles. The molecule has 0 unspecified atom stereocenters. The second kappa shape index (κ2) is 16.0. The van der Waals surface area contributed by atoms with E-state index in [1.165, 1.54) is 51.9 Å². The van der Waals surface area contributed by atoms with Crippen LogP contribution in [0.5, 0.6) is 0 Å². The van der Waals surface area contributed by atoms with Gasteiger partial charge in [-0.2, -0.15) is 0 Å². The highest BCUT2D eigenvalue weighted by molar-refractivity contribution is 5.65. The molecule has 0 heterocycles. The summed E-state index contributed by atoms with van der Waals surface area (Å²) in [5.74, 6) is -0.170. The Hall–Kier alpha value is -1.05. The molecule has 0 aromatic heterocycles. The normalized spacial score (nSPS) is 11.5. The van der Waals surface area contributed by atoms with Crippen molar-refractivity contribution in [2.45, 2.75) is 78.1 Å². The first kappa shape index (κ1) is 18.9. The fourth-order valence-corrected chi connectivity index (χ4v) is 1.92. The first-order chi connectivity index (χ1) is 9.77. The summed E-state index contributed by atoms with van der Waals surface area (Å²) in [6.45, 7) is 4.27. The van der Waals surface area contributed by atoms with Crippen LogP contribution in [0.2, 0.25) is 0 Å². The molecular weight excluding hydrogens is 248 g/mol. The summed E-state index contributed by atoms with van der Waals surface area (Å²) in [7, 11) is 0.